The van der Waals surface area contributed by atoms with Gasteiger partial charge in [0.05, 0.1) is 6.42 Å². The van der Waals surface area contributed by atoms with E-state index in [0.29, 0.717) is 0 Å². The molecular weight excluding hydrogens is 268 g/mol. The van der Waals surface area contributed by atoms with E-state index >= 15 is 0 Å². The summed E-state index contributed by atoms with van der Waals surface area (Å²) >= 11 is 0. The van der Waals surface area contributed by atoms with Crippen LogP contribution < -0.4 is 5.32 Å². The van der Waals surface area contributed by atoms with Gasteiger partial charge in [-0.2, -0.15) is 0 Å². The molecule has 0 radical (unpaired) electrons. The number of amides is 2. The Balaban J connectivity index is 1.91. The van der Waals surface area contributed by atoms with Gasteiger partial charge in [0.2, 0.25) is 0 Å². The standard InChI is InChI=1S/C16H22N2O3/c19-15(20)9-10-17-16(21)18-11-5-4-8-14(18)12-13-6-2-1-3-7-13/h1-3,6-7,14H,4-5,8-12H2,(H,17,21)(H,19,20). The van der Waals surface area contributed by atoms with Crippen LogP contribution in [0, 0.1) is 0 Å². The zero-order valence-corrected chi connectivity index (χ0v) is 12.1. The lowest BCUT2D eigenvalue weighted by atomic mass is 9.96. The molecule has 2 amide bonds. The first-order valence-corrected chi connectivity index (χ1v) is 7.47. The lowest BCUT2D eigenvalue weighted by molar-refractivity contribution is -0.136. The molecule has 1 atom stereocenters. The third-order valence-corrected chi connectivity index (χ3v) is 3.82. The first-order valence-electron chi connectivity index (χ1n) is 7.47. The van der Waals surface area contributed by atoms with Crippen LogP contribution in [0.1, 0.15) is 31.2 Å². The van der Waals surface area contributed by atoms with E-state index in [2.05, 4.69) is 17.4 Å². The van der Waals surface area contributed by atoms with Crippen molar-refractivity contribution in [2.45, 2.75) is 38.1 Å². The number of carbonyl (C=O) groups excluding carboxylic acids is 1. The van der Waals surface area contributed by atoms with Crippen molar-refractivity contribution in [2.75, 3.05) is 13.1 Å². The largest absolute Gasteiger partial charge is 0.481 e. The fourth-order valence-corrected chi connectivity index (χ4v) is 2.74. The van der Waals surface area contributed by atoms with Crippen molar-refractivity contribution < 1.29 is 14.7 Å². The van der Waals surface area contributed by atoms with E-state index in [1.54, 1.807) is 0 Å². The maximum atomic E-state index is 12.2. The summed E-state index contributed by atoms with van der Waals surface area (Å²) in [6.45, 7) is 0.930. The van der Waals surface area contributed by atoms with E-state index in [0.717, 1.165) is 32.2 Å². The Morgan fingerprint density at radius 2 is 2.00 bits per heavy atom. The Kier molecular flexibility index (Phi) is 5.60. The number of nitrogens with zero attached hydrogens (tertiary/aromatic N) is 1. The van der Waals surface area contributed by atoms with Crippen LogP contribution in [0.4, 0.5) is 4.79 Å². The number of urea groups is 1. The molecule has 1 aromatic rings. The molecule has 2 rings (SSSR count). The number of carbonyl (C=O) groups is 2. The molecule has 1 unspecified atom stereocenters. The van der Waals surface area contributed by atoms with Crippen LogP contribution in [-0.4, -0.2) is 41.1 Å². The molecule has 21 heavy (non-hydrogen) atoms. The van der Waals surface area contributed by atoms with Crippen molar-refractivity contribution in [1.29, 1.82) is 0 Å². The summed E-state index contributed by atoms with van der Waals surface area (Å²) in [6.07, 6.45) is 3.96. The summed E-state index contributed by atoms with van der Waals surface area (Å²) in [6, 6.07) is 10.2. The number of hydrogen-bond acceptors (Lipinski definition) is 2. The predicted molar refractivity (Wildman–Crippen MR) is 80.1 cm³/mol. The molecule has 0 spiro atoms. The van der Waals surface area contributed by atoms with E-state index in [1.807, 2.05) is 23.1 Å². The average molecular weight is 290 g/mol. The monoisotopic (exact) mass is 290 g/mol. The van der Waals surface area contributed by atoms with Gasteiger partial charge < -0.3 is 15.3 Å². The first-order chi connectivity index (χ1) is 10.2. The molecule has 1 saturated heterocycles. The minimum absolute atomic E-state index is 0.0388. The highest BCUT2D eigenvalue weighted by atomic mass is 16.4. The van der Waals surface area contributed by atoms with E-state index < -0.39 is 5.97 Å². The molecule has 0 aromatic heterocycles. The molecule has 0 aliphatic carbocycles. The van der Waals surface area contributed by atoms with Gasteiger partial charge in [0, 0.05) is 19.1 Å². The molecular formula is C16H22N2O3. The molecule has 1 fully saturated rings. The molecule has 5 heteroatoms. The molecule has 2 N–H and O–H groups in total. The summed E-state index contributed by atoms with van der Waals surface area (Å²) in [4.78, 5) is 24.6. The van der Waals surface area contributed by atoms with Gasteiger partial charge in [0.1, 0.15) is 0 Å². The SMILES string of the molecule is O=C(O)CCNC(=O)N1CCCCC1Cc1ccccc1. The zero-order chi connectivity index (χ0) is 15.1. The van der Waals surface area contributed by atoms with Gasteiger partial charge in [-0.15, -0.1) is 0 Å². The lowest BCUT2D eigenvalue weighted by Crippen LogP contribution is -2.49. The summed E-state index contributed by atoms with van der Waals surface area (Å²) < 4.78 is 0. The zero-order valence-electron chi connectivity index (χ0n) is 12.1. The number of rotatable bonds is 5. The minimum Gasteiger partial charge on any atom is -0.481 e. The van der Waals surface area contributed by atoms with Gasteiger partial charge in [0.25, 0.3) is 0 Å². The second-order valence-electron chi connectivity index (χ2n) is 5.41. The topological polar surface area (TPSA) is 69.6 Å². The van der Waals surface area contributed by atoms with Crippen LogP contribution in [-0.2, 0) is 11.2 Å². The Bertz CT molecular complexity index is 476. The van der Waals surface area contributed by atoms with Gasteiger partial charge in [-0.1, -0.05) is 30.3 Å². The van der Waals surface area contributed by atoms with Crippen LogP contribution in [0.5, 0.6) is 0 Å². The molecule has 5 nitrogen and oxygen atoms in total. The Morgan fingerprint density at radius 3 is 2.71 bits per heavy atom. The van der Waals surface area contributed by atoms with Crippen molar-refractivity contribution in [3.63, 3.8) is 0 Å². The number of carboxylic acid groups (broad SMARTS) is 1. The summed E-state index contributed by atoms with van der Waals surface area (Å²) in [5.41, 5.74) is 1.23. The normalized spacial score (nSPS) is 18.3. The highest BCUT2D eigenvalue weighted by molar-refractivity contribution is 5.75. The number of piperidine rings is 1. The van der Waals surface area contributed by atoms with Gasteiger partial charge in [-0.05, 0) is 31.2 Å². The maximum absolute atomic E-state index is 12.2. The van der Waals surface area contributed by atoms with Crippen LogP contribution in [0.3, 0.4) is 0 Å². The first kappa shape index (κ1) is 15.4. The minimum atomic E-state index is -0.894. The molecule has 1 heterocycles. The van der Waals surface area contributed by atoms with E-state index in [-0.39, 0.29) is 25.0 Å². The number of hydrogen-bond donors (Lipinski definition) is 2. The van der Waals surface area contributed by atoms with Crippen LogP contribution in [0.2, 0.25) is 0 Å². The Hall–Kier alpha value is -2.04. The van der Waals surface area contributed by atoms with Crippen molar-refractivity contribution in [2.24, 2.45) is 0 Å². The molecule has 114 valence electrons. The van der Waals surface area contributed by atoms with Crippen LogP contribution in [0.15, 0.2) is 30.3 Å². The van der Waals surface area contributed by atoms with Crippen molar-refractivity contribution in [3.8, 4) is 0 Å². The number of likely N-dealkylation sites (tertiary alicyclic amines) is 1. The van der Waals surface area contributed by atoms with Gasteiger partial charge in [-0.3, -0.25) is 4.79 Å². The number of nitrogens with one attached hydrogen (secondary N) is 1. The van der Waals surface area contributed by atoms with E-state index in [1.165, 1.54) is 5.56 Å². The molecule has 1 aliphatic heterocycles. The highest BCUT2D eigenvalue weighted by Gasteiger charge is 2.26. The third-order valence-electron chi connectivity index (χ3n) is 3.82. The predicted octanol–water partition coefficient (Wildman–Crippen LogP) is 2.27. The highest BCUT2D eigenvalue weighted by Crippen LogP contribution is 2.20. The molecule has 1 aromatic carbocycles. The van der Waals surface area contributed by atoms with Crippen molar-refractivity contribution in [1.82, 2.24) is 10.2 Å². The quantitative estimate of drug-likeness (QED) is 0.874. The summed E-state index contributed by atoms with van der Waals surface area (Å²) in [5, 5.41) is 11.3. The fraction of sp³-hybridized carbons (Fsp3) is 0.500. The number of aliphatic carboxylic acids is 1. The molecule has 0 bridgehead atoms. The van der Waals surface area contributed by atoms with Crippen molar-refractivity contribution in [3.05, 3.63) is 35.9 Å². The van der Waals surface area contributed by atoms with Crippen LogP contribution in [0.25, 0.3) is 0 Å². The third kappa shape index (κ3) is 4.77. The van der Waals surface area contributed by atoms with Crippen molar-refractivity contribution >= 4 is 12.0 Å². The van der Waals surface area contributed by atoms with Gasteiger partial charge >= 0.3 is 12.0 Å². The maximum Gasteiger partial charge on any atom is 0.317 e. The van der Waals surface area contributed by atoms with Gasteiger partial charge in [0.15, 0.2) is 0 Å². The van der Waals surface area contributed by atoms with E-state index in [9.17, 15) is 9.59 Å². The average Bonchev–Trinajstić information content (AvgIpc) is 2.48. The summed E-state index contributed by atoms with van der Waals surface area (Å²) in [5.74, 6) is -0.894. The Morgan fingerprint density at radius 1 is 1.24 bits per heavy atom. The number of benzene rings is 1. The second-order valence-corrected chi connectivity index (χ2v) is 5.41. The van der Waals surface area contributed by atoms with E-state index in [4.69, 9.17) is 5.11 Å². The fourth-order valence-electron chi connectivity index (χ4n) is 2.74. The molecule has 1 aliphatic rings. The molecule has 0 saturated carbocycles. The van der Waals surface area contributed by atoms with Crippen LogP contribution >= 0.6 is 0 Å². The van der Waals surface area contributed by atoms with Gasteiger partial charge in [-0.25, -0.2) is 4.79 Å². The summed E-state index contributed by atoms with van der Waals surface area (Å²) in [7, 11) is 0. The smallest absolute Gasteiger partial charge is 0.317 e. The lowest BCUT2D eigenvalue weighted by Gasteiger charge is -2.36. The second kappa shape index (κ2) is 7.67. The number of carboxylic acids is 1. The Labute approximate surface area is 125 Å².